The number of hydrogen-bond acceptors (Lipinski definition) is 2. The van der Waals surface area contributed by atoms with Gasteiger partial charge in [0.2, 0.25) is 0 Å². The van der Waals surface area contributed by atoms with Crippen LogP contribution in [-0.2, 0) is 6.42 Å². The molecule has 1 heterocycles. The van der Waals surface area contributed by atoms with Gasteiger partial charge in [-0.05, 0) is 18.2 Å². The molecule has 0 spiro atoms. The Morgan fingerprint density at radius 3 is 2.69 bits per heavy atom. The highest BCUT2D eigenvalue weighted by atomic mass is 19.2. The first kappa shape index (κ1) is 10.8. The summed E-state index contributed by atoms with van der Waals surface area (Å²) in [5, 5.41) is 12.8. The summed E-state index contributed by atoms with van der Waals surface area (Å²) < 4.78 is 27.1. The average Bonchev–Trinajstić information content (AvgIpc) is 2.71. The van der Waals surface area contributed by atoms with E-state index in [1.54, 1.807) is 12.3 Å². The first-order chi connectivity index (χ1) is 7.70. The van der Waals surface area contributed by atoms with Crippen LogP contribution in [0.25, 0.3) is 5.69 Å². The van der Waals surface area contributed by atoms with Crippen molar-refractivity contribution in [2.75, 3.05) is 6.61 Å². The van der Waals surface area contributed by atoms with Crippen molar-refractivity contribution < 1.29 is 13.9 Å². The third kappa shape index (κ3) is 2.09. The van der Waals surface area contributed by atoms with E-state index in [1.807, 2.05) is 0 Å². The lowest BCUT2D eigenvalue weighted by atomic mass is 10.3. The fraction of sp³-hybridized carbons (Fsp3) is 0.182. The monoisotopic (exact) mass is 224 g/mol. The lowest BCUT2D eigenvalue weighted by Crippen LogP contribution is -1.99. The second-order valence-electron chi connectivity index (χ2n) is 3.32. The summed E-state index contributed by atoms with van der Waals surface area (Å²) in [7, 11) is 0. The molecule has 1 aromatic heterocycles. The van der Waals surface area contributed by atoms with Crippen LogP contribution in [0, 0.1) is 11.6 Å². The summed E-state index contributed by atoms with van der Waals surface area (Å²) in [6.07, 6.45) is 2.08. The molecule has 16 heavy (non-hydrogen) atoms. The van der Waals surface area contributed by atoms with E-state index in [-0.39, 0.29) is 6.61 Å². The number of halogens is 2. The average molecular weight is 224 g/mol. The van der Waals surface area contributed by atoms with Gasteiger partial charge in [0.1, 0.15) is 0 Å². The van der Waals surface area contributed by atoms with E-state index in [2.05, 4.69) is 5.10 Å². The zero-order chi connectivity index (χ0) is 11.5. The molecule has 0 bridgehead atoms. The summed E-state index contributed by atoms with van der Waals surface area (Å²) in [5.74, 6) is -1.79. The van der Waals surface area contributed by atoms with Crippen LogP contribution in [0.15, 0.2) is 30.5 Å². The van der Waals surface area contributed by atoms with Crippen molar-refractivity contribution in [2.24, 2.45) is 0 Å². The number of hydrogen-bond donors (Lipinski definition) is 1. The quantitative estimate of drug-likeness (QED) is 0.861. The van der Waals surface area contributed by atoms with Crippen LogP contribution < -0.4 is 0 Å². The number of aliphatic hydroxyl groups excluding tert-OH is 1. The van der Waals surface area contributed by atoms with Gasteiger partial charge in [0.15, 0.2) is 11.6 Å². The van der Waals surface area contributed by atoms with Crippen molar-refractivity contribution in [2.45, 2.75) is 6.42 Å². The molecule has 0 saturated carbocycles. The molecule has 0 fully saturated rings. The van der Waals surface area contributed by atoms with Crippen LogP contribution in [0.3, 0.4) is 0 Å². The second kappa shape index (κ2) is 4.40. The van der Waals surface area contributed by atoms with Gasteiger partial charge in [0.25, 0.3) is 0 Å². The summed E-state index contributed by atoms with van der Waals surface area (Å²) in [6, 6.07) is 5.29. The maximum absolute atomic E-state index is 13.0. The van der Waals surface area contributed by atoms with Gasteiger partial charge in [-0.3, -0.25) is 0 Å². The molecule has 0 radical (unpaired) electrons. The van der Waals surface area contributed by atoms with Gasteiger partial charge in [0.05, 0.1) is 11.4 Å². The third-order valence-electron chi connectivity index (χ3n) is 2.18. The molecule has 0 amide bonds. The van der Waals surface area contributed by atoms with Crippen LogP contribution in [0.1, 0.15) is 5.69 Å². The van der Waals surface area contributed by atoms with E-state index in [0.717, 1.165) is 12.1 Å². The van der Waals surface area contributed by atoms with E-state index >= 15 is 0 Å². The molecular weight excluding hydrogens is 214 g/mol. The summed E-state index contributed by atoms with van der Waals surface area (Å²) in [5.41, 5.74) is 1.15. The Morgan fingerprint density at radius 1 is 1.19 bits per heavy atom. The molecule has 0 aliphatic rings. The van der Waals surface area contributed by atoms with Gasteiger partial charge in [-0.15, -0.1) is 0 Å². The number of benzene rings is 1. The van der Waals surface area contributed by atoms with Crippen LogP contribution in [0.2, 0.25) is 0 Å². The molecule has 0 aliphatic carbocycles. The number of aromatic nitrogens is 2. The van der Waals surface area contributed by atoms with Gasteiger partial charge in [-0.2, -0.15) is 5.10 Å². The van der Waals surface area contributed by atoms with Gasteiger partial charge >= 0.3 is 0 Å². The Morgan fingerprint density at radius 2 is 2.00 bits per heavy atom. The van der Waals surface area contributed by atoms with Crippen molar-refractivity contribution in [3.05, 3.63) is 47.8 Å². The Bertz CT molecular complexity index is 496. The van der Waals surface area contributed by atoms with Crippen molar-refractivity contribution >= 4 is 0 Å². The fourth-order valence-corrected chi connectivity index (χ4v) is 1.38. The largest absolute Gasteiger partial charge is 0.396 e. The van der Waals surface area contributed by atoms with E-state index in [4.69, 9.17) is 5.11 Å². The lowest BCUT2D eigenvalue weighted by molar-refractivity contribution is 0.298. The molecule has 3 nitrogen and oxygen atoms in total. The van der Waals surface area contributed by atoms with Crippen LogP contribution >= 0.6 is 0 Å². The van der Waals surface area contributed by atoms with Gasteiger partial charge < -0.3 is 5.11 Å². The number of aliphatic hydroxyl groups is 1. The molecule has 5 heteroatoms. The standard InChI is InChI=1S/C11H10F2N2O/c12-10-2-1-9(7-11(10)13)15-5-3-8(14-15)4-6-16/h1-3,5,7,16H,4,6H2. The zero-order valence-electron chi connectivity index (χ0n) is 8.40. The molecule has 84 valence electrons. The van der Waals surface area contributed by atoms with Crippen LogP contribution in [0.4, 0.5) is 8.78 Å². The maximum Gasteiger partial charge on any atom is 0.160 e. The van der Waals surface area contributed by atoms with Crippen molar-refractivity contribution in [1.29, 1.82) is 0 Å². The summed E-state index contributed by atoms with van der Waals surface area (Å²) in [4.78, 5) is 0. The van der Waals surface area contributed by atoms with Gasteiger partial charge in [-0.1, -0.05) is 0 Å². The van der Waals surface area contributed by atoms with E-state index in [9.17, 15) is 8.78 Å². The first-order valence-electron chi connectivity index (χ1n) is 4.81. The normalized spacial score (nSPS) is 10.7. The Balaban J connectivity index is 2.31. The molecule has 1 aromatic carbocycles. The van der Waals surface area contributed by atoms with E-state index in [0.29, 0.717) is 17.8 Å². The molecule has 0 saturated heterocycles. The predicted molar refractivity (Wildman–Crippen MR) is 54.3 cm³/mol. The second-order valence-corrected chi connectivity index (χ2v) is 3.32. The first-order valence-corrected chi connectivity index (χ1v) is 4.81. The molecule has 0 aliphatic heterocycles. The lowest BCUT2D eigenvalue weighted by Gasteiger charge is -2.01. The topological polar surface area (TPSA) is 38.0 Å². The minimum atomic E-state index is -0.906. The van der Waals surface area contributed by atoms with Crippen LogP contribution in [0.5, 0.6) is 0 Å². The summed E-state index contributed by atoms with van der Waals surface area (Å²) >= 11 is 0. The zero-order valence-corrected chi connectivity index (χ0v) is 8.40. The SMILES string of the molecule is OCCc1ccn(-c2ccc(F)c(F)c2)n1. The Hall–Kier alpha value is -1.75. The highest BCUT2D eigenvalue weighted by Crippen LogP contribution is 2.12. The highest BCUT2D eigenvalue weighted by Gasteiger charge is 2.05. The van der Waals surface area contributed by atoms with Crippen molar-refractivity contribution in [1.82, 2.24) is 9.78 Å². The minimum Gasteiger partial charge on any atom is -0.396 e. The molecule has 2 aromatic rings. The van der Waals surface area contributed by atoms with E-state index in [1.165, 1.54) is 10.7 Å². The van der Waals surface area contributed by atoms with Gasteiger partial charge in [-0.25, -0.2) is 13.5 Å². The predicted octanol–water partition coefficient (Wildman–Crippen LogP) is 1.69. The van der Waals surface area contributed by atoms with Crippen molar-refractivity contribution in [3.63, 3.8) is 0 Å². The fourth-order valence-electron chi connectivity index (χ4n) is 1.38. The number of nitrogens with zero attached hydrogens (tertiary/aromatic N) is 2. The van der Waals surface area contributed by atoms with Crippen LogP contribution in [-0.4, -0.2) is 21.5 Å². The maximum atomic E-state index is 13.0. The smallest absolute Gasteiger partial charge is 0.160 e. The molecular formula is C11H10F2N2O. The molecule has 2 rings (SSSR count). The molecule has 0 atom stereocenters. The molecule has 1 N–H and O–H groups in total. The van der Waals surface area contributed by atoms with E-state index < -0.39 is 11.6 Å². The Labute approximate surface area is 91.0 Å². The summed E-state index contributed by atoms with van der Waals surface area (Å²) in [6.45, 7) is 0.00872. The van der Waals surface area contributed by atoms with Crippen molar-refractivity contribution in [3.8, 4) is 5.69 Å². The Kier molecular flexibility index (Phi) is 2.96. The van der Waals surface area contributed by atoms with Gasteiger partial charge in [0, 0.05) is 25.3 Å². The third-order valence-corrected chi connectivity index (χ3v) is 2.18. The molecule has 0 unspecified atom stereocenters. The highest BCUT2D eigenvalue weighted by molar-refractivity contribution is 5.32. The number of rotatable bonds is 3. The minimum absolute atomic E-state index is 0.00872.